The van der Waals surface area contributed by atoms with Crippen molar-refractivity contribution in [1.29, 1.82) is 0 Å². The number of alkyl carbamates (subject to hydrolysis) is 1. The maximum absolute atomic E-state index is 13.2. The van der Waals surface area contributed by atoms with Crippen LogP contribution in [0.3, 0.4) is 0 Å². The van der Waals surface area contributed by atoms with Crippen LogP contribution in [0.15, 0.2) is 78.9 Å². The first-order valence-corrected chi connectivity index (χ1v) is 12.6. The molecular formula is C30H32N2O5. The summed E-state index contributed by atoms with van der Waals surface area (Å²) in [6.07, 6.45) is 0.0535. The van der Waals surface area contributed by atoms with E-state index in [4.69, 9.17) is 4.74 Å². The molecule has 1 aliphatic rings. The number of nitrogens with one attached hydrogen (secondary N) is 2. The van der Waals surface area contributed by atoms with E-state index in [1.54, 1.807) is 6.92 Å². The van der Waals surface area contributed by atoms with E-state index >= 15 is 0 Å². The average molecular weight is 501 g/mol. The predicted octanol–water partition coefficient (Wildman–Crippen LogP) is 4.75. The second-order valence-electron chi connectivity index (χ2n) is 9.42. The smallest absolute Gasteiger partial charge is 0.407 e. The Bertz CT molecular complexity index is 1210. The first-order chi connectivity index (χ1) is 17.9. The molecule has 0 aromatic heterocycles. The van der Waals surface area contributed by atoms with Crippen molar-refractivity contribution in [2.24, 2.45) is 5.92 Å². The Hall–Kier alpha value is -4.13. The minimum Gasteiger partial charge on any atom is -0.480 e. The Morgan fingerprint density at radius 3 is 2.00 bits per heavy atom. The highest BCUT2D eigenvalue weighted by atomic mass is 16.5. The van der Waals surface area contributed by atoms with Gasteiger partial charge in [0.1, 0.15) is 18.7 Å². The van der Waals surface area contributed by atoms with E-state index in [0.29, 0.717) is 6.42 Å². The van der Waals surface area contributed by atoms with Crippen LogP contribution in [-0.4, -0.2) is 41.8 Å². The Morgan fingerprint density at radius 1 is 0.865 bits per heavy atom. The number of ether oxygens (including phenoxy) is 1. The highest BCUT2D eigenvalue weighted by molar-refractivity contribution is 5.89. The molecule has 0 heterocycles. The summed E-state index contributed by atoms with van der Waals surface area (Å²) in [5, 5.41) is 14.9. The Kier molecular flexibility index (Phi) is 8.23. The third kappa shape index (κ3) is 6.00. The average Bonchev–Trinajstić information content (AvgIpc) is 3.23. The fraction of sp³-hybridized carbons (Fsp3) is 0.300. The van der Waals surface area contributed by atoms with Crippen molar-refractivity contribution in [1.82, 2.24) is 10.6 Å². The van der Waals surface area contributed by atoms with Gasteiger partial charge in [0.2, 0.25) is 5.91 Å². The number of carbonyl (C=O) groups is 3. The summed E-state index contributed by atoms with van der Waals surface area (Å²) in [6.45, 7) is 3.75. The standard InChI is InChI=1S/C30H32N2O5/c1-3-19(2)27(29(34)35)32-28(33)26(17-20-11-5-4-6-12-20)31-30(36)37-18-25-23-15-9-7-13-21(23)22-14-8-10-16-24(22)25/h4-16,19,25-27H,3,17-18H2,1-2H3,(H,31,36)(H,32,33)(H,34,35)/t19-,26-,27-/m0/s1. The maximum atomic E-state index is 13.2. The number of carboxylic acids is 1. The number of carbonyl (C=O) groups excluding carboxylic acids is 2. The van der Waals surface area contributed by atoms with Gasteiger partial charge in [-0.2, -0.15) is 0 Å². The molecule has 4 rings (SSSR count). The van der Waals surface area contributed by atoms with Crippen molar-refractivity contribution < 1.29 is 24.2 Å². The van der Waals surface area contributed by atoms with Gasteiger partial charge in [-0.05, 0) is 33.7 Å². The zero-order valence-electron chi connectivity index (χ0n) is 21.0. The molecular weight excluding hydrogens is 468 g/mol. The van der Waals surface area contributed by atoms with Crippen molar-refractivity contribution in [3.63, 3.8) is 0 Å². The fourth-order valence-electron chi connectivity index (χ4n) is 4.78. The van der Waals surface area contributed by atoms with Crippen molar-refractivity contribution in [3.05, 3.63) is 95.6 Å². The number of hydrogen-bond donors (Lipinski definition) is 3. The Balaban J connectivity index is 1.47. The summed E-state index contributed by atoms with van der Waals surface area (Å²) < 4.78 is 5.63. The molecule has 7 heteroatoms. The first-order valence-electron chi connectivity index (χ1n) is 12.6. The van der Waals surface area contributed by atoms with Crippen LogP contribution in [0.2, 0.25) is 0 Å². The molecule has 37 heavy (non-hydrogen) atoms. The molecule has 0 fully saturated rings. The van der Waals surface area contributed by atoms with Gasteiger partial charge in [-0.15, -0.1) is 0 Å². The highest BCUT2D eigenvalue weighted by Crippen LogP contribution is 2.44. The monoisotopic (exact) mass is 500 g/mol. The zero-order chi connectivity index (χ0) is 26.4. The highest BCUT2D eigenvalue weighted by Gasteiger charge is 2.32. The Morgan fingerprint density at radius 2 is 1.43 bits per heavy atom. The molecule has 0 unspecified atom stereocenters. The predicted molar refractivity (Wildman–Crippen MR) is 141 cm³/mol. The largest absolute Gasteiger partial charge is 0.480 e. The molecule has 3 N–H and O–H groups in total. The molecule has 0 aliphatic heterocycles. The normalized spacial score (nSPS) is 14.5. The van der Waals surface area contributed by atoms with Crippen molar-refractivity contribution in [2.75, 3.05) is 6.61 Å². The lowest BCUT2D eigenvalue weighted by Gasteiger charge is -2.24. The summed E-state index contributed by atoms with van der Waals surface area (Å²) >= 11 is 0. The van der Waals surface area contributed by atoms with E-state index in [0.717, 1.165) is 27.8 Å². The van der Waals surface area contributed by atoms with Gasteiger partial charge in [0.15, 0.2) is 0 Å². The lowest BCUT2D eigenvalue weighted by molar-refractivity contribution is -0.143. The third-order valence-electron chi connectivity index (χ3n) is 7.01. The maximum Gasteiger partial charge on any atom is 0.407 e. The lowest BCUT2D eigenvalue weighted by Crippen LogP contribution is -2.54. The molecule has 192 valence electrons. The number of rotatable bonds is 10. The lowest BCUT2D eigenvalue weighted by atomic mass is 9.98. The van der Waals surface area contributed by atoms with E-state index in [2.05, 4.69) is 22.8 Å². The number of carboxylic acid groups (broad SMARTS) is 1. The summed E-state index contributed by atoms with van der Waals surface area (Å²) in [6, 6.07) is 23.3. The summed E-state index contributed by atoms with van der Waals surface area (Å²) in [7, 11) is 0. The summed E-state index contributed by atoms with van der Waals surface area (Å²) in [5.74, 6) is -2.05. The van der Waals surface area contributed by atoms with Gasteiger partial charge in [0.05, 0.1) is 0 Å². The van der Waals surface area contributed by atoms with Gasteiger partial charge in [0, 0.05) is 12.3 Å². The summed E-state index contributed by atoms with van der Waals surface area (Å²) in [4.78, 5) is 37.8. The van der Waals surface area contributed by atoms with Crippen LogP contribution >= 0.6 is 0 Å². The second-order valence-corrected chi connectivity index (χ2v) is 9.42. The van der Waals surface area contributed by atoms with E-state index in [1.165, 1.54) is 0 Å². The number of fused-ring (bicyclic) bond motifs is 3. The van der Waals surface area contributed by atoms with Gasteiger partial charge >= 0.3 is 12.1 Å². The van der Waals surface area contributed by atoms with Crippen LogP contribution in [-0.2, 0) is 20.7 Å². The van der Waals surface area contributed by atoms with Crippen LogP contribution in [0.25, 0.3) is 11.1 Å². The second kappa shape index (κ2) is 11.7. The van der Waals surface area contributed by atoms with E-state index in [-0.39, 0.29) is 24.9 Å². The molecule has 0 bridgehead atoms. The van der Waals surface area contributed by atoms with Crippen molar-refractivity contribution in [3.8, 4) is 11.1 Å². The first kappa shape index (κ1) is 25.9. The van der Waals surface area contributed by atoms with Crippen LogP contribution in [0.4, 0.5) is 4.79 Å². The number of benzene rings is 3. The van der Waals surface area contributed by atoms with Crippen LogP contribution < -0.4 is 10.6 Å². The molecule has 3 aromatic carbocycles. The number of aliphatic carboxylic acids is 1. The molecule has 2 amide bonds. The van der Waals surface area contributed by atoms with Gasteiger partial charge < -0.3 is 20.5 Å². The molecule has 0 saturated carbocycles. The van der Waals surface area contributed by atoms with Crippen LogP contribution in [0.1, 0.15) is 42.9 Å². The summed E-state index contributed by atoms with van der Waals surface area (Å²) in [5.41, 5.74) is 5.26. The Labute approximate surface area is 216 Å². The van der Waals surface area contributed by atoms with E-state index < -0.39 is 30.1 Å². The SMILES string of the molecule is CC[C@H](C)[C@H](NC(=O)[C@H](Cc1ccccc1)NC(=O)OCC1c2ccccc2-c2ccccc21)C(=O)O. The van der Waals surface area contributed by atoms with E-state index in [1.807, 2.05) is 73.7 Å². The van der Waals surface area contributed by atoms with Gasteiger partial charge in [-0.1, -0.05) is 99.1 Å². The van der Waals surface area contributed by atoms with E-state index in [9.17, 15) is 19.5 Å². The minimum atomic E-state index is -1.11. The van der Waals surface area contributed by atoms with Crippen molar-refractivity contribution in [2.45, 2.75) is 44.7 Å². The fourth-order valence-corrected chi connectivity index (χ4v) is 4.78. The molecule has 7 nitrogen and oxygen atoms in total. The van der Waals surface area contributed by atoms with Gasteiger partial charge in [0.25, 0.3) is 0 Å². The zero-order valence-corrected chi connectivity index (χ0v) is 21.0. The van der Waals surface area contributed by atoms with Gasteiger partial charge in [-0.3, -0.25) is 4.79 Å². The molecule has 0 saturated heterocycles. The molecule has 3 aromatic rings. The molecule has 1 aliphatic carbocycles. The molecule has 0 spiro atoms. The number of hydrogen-bond acceptors (Lipinski definition) is 4. The minimum absolute atomic E-state index is 0.110. The van der Waals surface area contributed by atoms with Crippen molar-refractivity contribution >= 4 is 18.0 Å². The van der Waals surface area contributed by atoms with Crippen LogP contribution in [0.5, 0.6) is 0 Å². The topological polar surface area (TPSA) is 105 Å². The quantitative estimate of drug-likeness (QED) is 0.373. The van der Waals surface area contributed by atoms with Gasteiger partial charge in [-0.25, -0.2) is 9.59 Å². The molecule has 0 radical (unpaired) electrons. The number of amides is 2. The molecule has 3 atom stereocenters. The van der Waals surface area contributed by atoms with Crippen LogP contribution in [0, 0.1) is 5.92 Å². The third-order valence-corrected chi connectivity index (χ3v) is 7.01.